The Hall–Kier alpha value is -2.60. The van der Waals surface area contributed by atoms with Gasteiger partial charge in [-0.05, 0) is 59.7 Å². The molecule has 0 unspecified atom stereocenters. The zero-order valence-corrected chi connectivity index (χ0v) is 23.7. The van der Waals surface area contributed by atoms with Crippen LogP contribution in [0.1, 0.15) is 11.1 Å². The predicted molar refractivity (Wildman–Crippen MR) is 149 cm³/mol. The van der Waals surface area contributed by atoms with Gasteiger partial charge in [-0.2, -0.15) is 0 Å². The van der Waals surface area contributed by atoms with E-state index in [9.17, 15) is 18.0 Å². The fourth-order valence-corrected chi connectivity index (χ4v) is 7.38. The third kappa shape index (κ3) is 6.20. The lowest BCUT2D eigenvalue weighted by Gasteiger charge is -2.20. The fourth-order valence-electron chi connectivity index (χ4n) is 3.37. The molecule has 4 rings (SSSR count). The molecule has 7 nitrogen and oxygen atoms in total. The van der Waals surface area contributed by atoms with E-state index in [0.717, 1.165) is 16.1 Å². The number of fused-ring (bicyclic) bond motifs is 1. The van der Waals surface area contributed by atoms with Crippen LogP contribution in [0, 0.1) is 0 Å². The minimum atomic E-state index is -3.66. The van der Waals surface area contributed by atoms with Gasteiger partial charge in [-0.3, -0.25) is 9.59 Å². The molecule has 11 heteroatoms. The Kier molecular flexibility index (Phi) is 8.23. The molecule has 3 aromatic rings. The first kappa shape index (κ1) is 26.5. The highest BCUT2D eigenvalue weighted by Crippen LogP contribution is 2.40. The van der Waals surface area contributed by atoms with Crippen molar-refractivity contribution in [2.45, 2.75) is 15.5 Å². The number of thioether (sulfide) groups is 1. The van der Waals surface area contributed by atoms with Crippen molar-refractivity contribution in [3.63, 3.8) is 0 Å². The molecule has 0 bridgehead atoms. The Bertz CT molecular complexity index is 1450. The summed E-state index contributed by atoms with van der Waals surface area (Å²) >= 11 is 8.09. The second kappa shape index (κ2) is 11.2. The Morgan fingerprint density at radius 2 is 1.78 bits per heavy atom. The summed E-state index contributed by atoms with van der Waals surface area (Å²) in [6.07, 6.45) is 1.75. The van der Waals surface area contributed by atoms with E-state index < -0.39 is 9.84 Å². The molecule has 1 aliphatic rings. The van der Waals surface area contributed by atoms with E-state index in [1.807, 2.05) is 18.2 Å². The van der Waals surface area contributed by atoms with Crippen molar-refractivity contribution in [1.29, 1.82) is 0 Å². The number of nitrogens with one attached hydrogen (secondary N) is 2. The van der Waals surface area contributed by atoms with Crippen LogP contribution in [0.4, 0.5) is 11.4 Å². The first-order chi connectivity index (χ1) is 17.2. The summed E-state index contributed by atoms with van der Waals surface area (Å²) < 4.78 is 32.2. The van der Waals surface area contributed by atoms with Gasteiger partial charge in [-0.15, -0.1) is 0 Å². The topological polar surface area (TPSA) is 102 Å². The van der Waals surface area contributed by atoms with Crippen molar-refractivity contribution in [3.05, 3.63) is 85.6 Å². The number of sulfone groups is 1. The van der Waals surface area contributed by atoms with Crippen molar-refractivity contribution in [2.24, 2.45) is 0 Å². The molecule has 0 fully saturated rings. The van der Waals surface area contributed by atoms with Gasteiger partial charge in [0.15, 0.2) is 9.84 Å². The average Bonchev–Trinajstić information content (AvgIpc) is 2.86. The van der Waals surface area contributed by atoms with Crippen molar-refractivity contribution >= 4 is 82.8 Å². The van der Waals surface area contributed by atoms with Crippen LogP contribution in [0.5, 0.6) is 0 Å². The first-order valence-corrected chi connectivity index (χ1v) is 14.6. The van der Waals surface area contributed by atoms with Gasteiger partial charge in [0.25, 0.3) is 5.91 Å². The van der Waals surface area contributed by atoms with Crippen molar-refractivity contribution in [2.75, 3.05) is 24.3 Å². The standard InChI is InChI=1S/C25H20Br2N2O5S2/c1-34-24(30)13-28-16-7-5-15(6-8-16)11-23-25(31)29-21-12-17(9-10-22(21)35-23)36(32,33)14-18-19(26)3-2-4-20(18)27/h2-12,28H,13-14H2,1H3,(H,29,31). The summed E-state index contributed by atoms with van der Waals surface area (Å²) in [6.45, 7) is 0.0591. The fraction of sp³-hybridized carbons (Fsp3) is 0.120. The molecule has 3 aromatic carbocycles. The van der Waals surface area contributed by atoms with Crippen LogP contribution >= 0.6 is 43.6 Å². The van der Waals surface area contributed by atoms with E-state index in [1.165, 1.54) is 24.9 Å². The first-order valence-electron chi connectivity index (χ1n) is 10.6. The lowest BCUT2D eigenvalue weighted by Crippen LogP contribution is -2.18. The number of hydrogen-bond acceptors (Lipinski definition) is 7. The largest absolute Gasteiger partial charge is 0.468 e. The quantitative estimate of drug-likeness (QED) is 0.244. The maximum absolute atomic E-state index is 13.1. The molecule has 0 aromatic heterocycles. The second-order valence-electron chi connectivity index (χ2n) is 7.73. The van der Waals surface area contributed by atoms with Crippen LogP contribution in [0.15, 0.2) is 84.3 Å². The predicted octanol–water partition coefficient (Wildman–Crippen LogP) is 5.86. The molecule has 0 saturated carbocycles. The normalized spacial score (nSPS) is 14.2. The second-order valence-corrected chi connectivity index (χ2v) is 12.5. The Morgan fingerprint density at radius 3 is 2.44 bits per heavy atom. The van der Waals surface area contributed by atoms with Crippen LogP contribution in [0.3, 0.4) is 0 Å². The number of rotatable bonds is 7. The molecule has 0 spiro atoms. The Labute approximate surface area is 229 Å². The molecule has 0 atom stereocenters. The number of esters is 1. The molecule has 0 aliphatic carbocycles. The number of halogens is 2. The molecule has 36 heavy (non-hydrogen) atoms. The highest BCUT2D eigenvalue weighted by atomic mass is 79.9. The molecule has 0 saturated heterocycles. The number of carbonyl (C=O) groups is 2. The van der Waals surface area contributed by atoms with E-state index in [1.54, 1.807) is 42.5 Å². The minimum absolute atomic E-state index is 0.0591. The van der Waals surface area contributed by atoms with Crippen LogP contribution < -0.4 is 10.6 Å². The summed E-state index contributed by atoms with van der Waals surface area (Å²) in [6, 6.07) is 17.4. The monoisotopic (exact) mass is 650 g/mol. The van der Waals surface area contributed by atoms with Gasteiger partial charge in [0.2, 0.25) is 0 Å². The molecule has 1 heterocycles. The third-order valence-electron chi connectivity index (χ3n) is 5.27. The Balaban J connectivity index is 1.51. The average molecular weight is 652 g/mol. The summed E-state index contributed by atoms with van der Waals surface area (Å²) in [4.78, 5) is 25.4. The van der Waals surface area contributed by atoms with Crippen molar-refractivity contribution in [3.8, 4) is 0 Å². The summed E-state index contributed by atoms with van der Waals surface area (Å²) in [5.74, 6) is -0.875. The molecule has 186 valence electrons. The number of ether oxygens (including phenoxy) is 1. The number of amides is 1. The number of methoxy groups -OCH3 is 1. The maximum Gasteiger partial charge on any atom is 0.325 e. The van der Waals surface area contributed by atoms with Gasteiger partial charge >= 0.3 is 5.97 Å². The molecular weight excluding hydrogens is 632 g/mol. The molecule has 1 aliphatic heterocycles. The van der Waals surface area contributed by atoms with Crippen molar-refractivity contribution < 1.29 is 22.7 Å². The lowest BCUT2D eigenvalue weighted by atomic mass is 10.2. The minimum Gasteiger partial charge on any atom is -0.468 e. The van der Waals surface area contributed by atoms with Gasteiger partial charge in [0.1, 0.15) is 6.54 Å². The summed E-state index contributed by atoms with van der Waals surface area (Å²) in [5, 5.41) is 5.76. The van der Waals surface area contributed by atoms with E-state index in [2.05, 4.69) is 47.2 Å². The highest BCUT2D eigenvalue weighted by molar-refractivity contribution is 9.11. The molecule has 2 N–H and O–H groups in total. The summed E-state index contributed by atoms with van der Waals surface area (Å²) in [5.41, 5.74) is 2.64. The smallest absolute Gasteiger partial charge is 0.325 e. The van der Waals surface area contributed by atoms with Crippen LogP contribution in [-0.2, 0) is 29.9 Å². The van der Waals surface area contributed by atoms with Crippen molar-refractivity contribution in [1.82, 2.24) is 0 Å². The highest BCUT2D eigenvalue weighted by Gasteiger charge is 2.25. The number of anilines is 2. The molecular formula is C25H20Br2N2O5S2. The van der Waals surface area contributed by atoms with Gasteiger partial charge in [-0.25, -0.2) is 8.42 Å². The molecule has 0 radical (unpaired) electrons. The van der Waals surface area contributed by atoms with Gasteiger partial charge in [0.05, 0.1) is 28.4 Å². The van der Waals surface area contributed by atoms with Gasteiger partial charge in [-0.1, -0.05) is 61.8 Å². The van der Waals surface area contributed by atoms with E-state index in [4.69, 9.17) is 0 Å². The molecule has 1 amide bonds. The van der Waals surface area contributed by atoms with E-state index in [0.29, 0.717) is 25.1 Å². The van der Waals surface area contributed by atoms with Crippen LogP contribution in [0.25, 0.3) is 6.08 Å². The number of benzene rings is 3. The van der Waals surface area contributed by atoms with Crippen LogP contribution in [-0.4, -0.2) is 33.9 Å². The maximum atomic E-state index is 13.1. The third-order valence-corrected chi connectivity index (χ3v) is 9.50. The number of hydrogen-bond donors (Lipinski definition) is 2. The lowest BCUT2D eigenvalue weighted by molar-refractivity contribution is -0.138. The van der Waals surface area contributed by atoms with Crippen LogP contribution in [0.2, 0.25) is 0 Å². The zero-order valence-electron chi connectivity index (χ0n) is 18.9. The van der Waals surface area contributed by atoms with E-state index >= 15 is 0 Å². The summed E-state index contributed by atoms with van der Waals surface area (Å²) in [7, 11) is -2.33. The zero-order chi connectivity index (χ0) is 25.9. The van der Waals surface area contributed by atoms with E-state index in [-0.39, 0.29) is 29.1 Å². The Morgan fingerprint density at radius 1 is 1.08 bits per heavy atom. The van der Waals surface area contributed by atoms with Gasteiger partial charge < -0.3 is 15.4 Å². The number of carbonyl (C=O) groups excluding carboxylic acids is 2. The SMILES string of the molecule is COC(=O)CNc1ccc(C=C2Sc3ccc(S(=O)(=O)Cc4c(Br)cccc4Br)cc3NC2=O)cc1. The van der Waals surface area contributed by atoms with Gasteiger partial charge in [0, 0.05) is 19.5 Å².